The summed E-state index contributed by atoms with van der Waals surface area (Å²) in [5, 5.41) is 14.1. The minimum atomic E-state index is -0.692. The predicted octanol–water partition coefficient (Wildman–Crippen LogP) is 4.07. The van der Waals surface area contributed by atoms with Crippen LogP contribution in [0.5, 0.6) is 17.4 Å². The molecule has 0 radical (unpaired) electrons. The summed E-state index contributed by atoms with van der Waals surface area (Å²) in [5.74, 6) is -0.0912. The van der Waals surface area contributed by atoms with Gasteiger partial charge in [0.2, 0.25) is 5.82 Å². The molecule has 0 aliphatic heterocycles. The Morgan fingerprint density at radius 2 is 1.77 bits per heavy atom. The number of nitrogens with one attached hydrogen (secondary N) is 1. The zero-order chi connectivity index (χ0) is 18.5. The molecule has 0 unspecified atom stereocenters. The van der Waals surface area contributed by atoms with Gasteiger partial charge in [0.1, 0.15) is 23.6 Å². The molecule has 0 spiro atoms. The molecular formula is C17H13FN4O4. The fraction of sp³-hybridized carbons (Fsp3) is 0.0588. The van der Waals surface area contributed by atoms with Crippen molar-refractivity contribution in [3.05, 3.63) is 70.8 Å². The molecule has 8 nitrogen and oxygen atoms in total. The molecule has 0 saturated heterocycles. The van der Waals surface area contributed by atoms with Crippen LogP contribution >= 0.6 is 0 Å². The molecule has 26 heavy (non-hydrogen) atoms. The van der Waals surface area contributed by atoms with Crippen LogP contribution in [-0.4, -0.2) is 22.0 Å². The van der Waals surface area contributed by atoms with Crippen molar-refractivity contribution in [2.24, 2.45) is 0 Å². The van der Waals surface area contributed by atoms with Crippen molar-refractivity contribution >= 4 is 17.2 Å². The third-order valence-electron chi connectivity index (χ3n) is 3.37. The summed E-state index contributed by atoms with van der Waals surface area (Å²) in [6.45, 7) is 0. The molecule has 0 atom stereocenters. The number of nitrogens with zero attached hydrogens (tertiary/aromatic N) is 3. The van der Waals surface area contributed by atoms with Gasteiger partial charge in [-0.3, -0.25) is 10.1 Å². The number of rotatable bonds is 6. The van der Waals surface area contributed by atoms with Crippen LogP contribution < -0.4 is 14.8 Å². The lowest BCUT2D eigenvalue weighted by Gasteiger charge is -2.10. The Labute approximate surface area is 147 Å². The third-order valence-corrected chi connectivity index (χ3v) is 3.37. The maximum atomic E-state index is 13.8. The van der Waals surface area contributed by atoms with Crippen molar-refractivity contribution in [2.75, 3.05) is 12.4 Å². The molecule has 0 bridgehead atoms. The molecule has 9 heteroatoms. The van der Waals surface area contributed by atoms with Crippen molar-refractivity contribution in [1.82, 2.24) is 9.97 Å². The molecular weight excluding hydrogens is 343 g/mol. The van der Waals surface area contributed by atoms with Gasteiger partial charge in [-0.15, -0.1) is 0 Å². The van der Waals surface area contributed by atoms with Crippen LogP contribution in [-0.2, 0) is 0 Å². The number of aromatic nitrogens is 2. The van der Waals surface area contributed by atoms with Gasteiger partial charge in [0.25, 0.3) is 0 Å². The molecule has 132 valence electrons. The van der Waals surface area contributed by atoms with E-state index in [1.165, 1.54) is 25.3 Å². The summed E-state index contributed by atoms with van der Waals surface area (Å²) < 4.78 is 24.3. The average molecular weight is 356 g/mol. The van der Waals surface area contributed by atoms with Crippen LogP contribution in [0.25, 0.3) is 0 Å². The standard InChI is InChI=1S/C17H13FN4O4/c1-25-11-6-8-12(9-7-11)26-17-15(22(23)24)16(19-10-20-17)21-14-5-3-2-4-13(14)18/h2-10H,1H3,(H,19,20,21). The molecule has 1 aromatic heterocycles. The topological polar surface area (TPSA) is 99.4 Å². The summed E-state index contributed by atoms with van der Waals surface area (Å²) >= 11 is 0. The highest BCUT2D eigenvalue weighted by Gasteiger charge is 2.25. The second-order valence-corrected chi connectivity index (χ2v) is 5.02. The lowest BCUT2D eigenvalue weighted by Crippen LogP contribution is -2.04. The van der Waals surface area contributed by atoms with E-state index < -0.39 is 16.4 Å². The SMILES string of the molecule is COc1ccc(Oc2ncnc(Nc3ccccc3F)c2[N+](=O)[O-])cc1. The van der Waals surface area contributed by atoms with Crippen LogP contribution in [0.2, 0.25) is 0 Å². The maximum Gasteiger partial charge on any atom is 0.373 e. The van der Waals surface area contributed by atoms with Crippen molar-refractivity contribution in [3.8, 4) is 17.4 Å². The zero-order valence-electron chi connectivity index (χ0n) is 13.5. The van der Waals surface area contributed by atoms with Crippen LogP contribution in [0.4, 0.5) is 21.6 Å². The molecule has 0 saturated carbocycles. The van der Waals surface area contributed by atoms with Crippen molar-refractivity contribution in [2.45, 2.75) is 0 Å². The summed E-state index contributed by atoms with van der Waals surface area (Å²) in [4.78, 5) is 18.5. The van der Waals surface area contributed by atoms with E-state index >= 15 is 0 Å². The fourth-order valence-electron chi connectivity index (χ4n) is 2.14. The van der Waals surface area contributed by atoms with E-state index in [1.54, 1.807) is 30.3 Å². The summed E-state index contributed by atoms with van der Waals surface area (Å²) in [6.07, 6.45) is 1.09. The van der Waals surface area contributed by atoms with E-state index in [1.807, 2.05) is 0 Å². The molecule has 2 aromatic carbocycles. The van der Waals surface area contributed by atoms with Crippen molar-refractivity contribution in [1.29, 1.82) is 0 Å². The Morgan fingerprint density at radius 3 is 2.42 bits per heavy atom. The van der Waals surface area contributed by atoms with Crippen LogP contribution in [0.1, 0.15) is 0 Å². The highest BCUT2D eigenvalue weighted by atomic mass is 19.1. The van der Waals surface area contributed by atoms with Gasteiger partial charge >= 0.3 is 11.6 Å². The number of benzene rings is 2. The number of halogens is 1. The first-order valence-electron chi connectivity index (χ1n) is 7.41. The monoisotopic (exact) mass is 356 g/mol. The fourth-order valence-corrected chi connectivity index (χ4v) is 2.14. The predicted molar refractivity (Wildman–Crippen MR) is 91.4 cm³/mol. The summed E-state index contributed by atoms with van der Waals surface area (Å²) in [7, 11) is 1.52. The first-order valence-corrected chi connectivity index (χ1v) is 7.41. The number of para-hydroxylation sites is 1. The second-order valence-electron chi connectivity index (χ2n) is 5.02. The van der Waals surface area contributed by atoms with Gasteiger partial charge in [0, 0.05) is 0 Å². The number of anilines is 2. The van der Waals surface area contributed by atoms with Gasteiger partial charge in [-0.05, 0) is 36.4 Å². The highest BCUT2D eigenvalue weighted by molar-refractivity contribution is 5.69. The normalized spacial score (nSPS) is 10.2. The number of methoxy groups -OCH3 is 1. The molecule has 0 fully saturated rings. The maximum absolute atomic E-state index is 13.8. The molecule has 3 rings (SSSR count). The van der Waals surface area contributed by atoms with Gasteiger partial charge < -0.3 is 14.8 Å². The van der Waals surface area contributed by atoms with Gasteiger partial charge in [-0.25, -0.2) is 9.37 Å². The minimum Gasteiger partial charge on any atom is -0.497 e. The number of ether oxygens (including phenoxy) is 2. The smallest absolute Gasteiger partial charge is 0.373 e. The van der Waals surface area contributed by atoms with Gasteiger partial charge in [-0.2, -0.15) is 4.98 Å². The number of hydrogen-bond acceptors (Lipinski definition) is 7. The number of nitro groups is 1. The Hall–Kier alpha value is -3.75. The Kier molecular flexibility index (Phi) is 4.88. The van der Waals surface area contributed by atoms with E-state index in [2.05, 4.69) is 15.3 Å². The molecule has 3 aromatic rings. The van der Waals surface area contributed by atoms with Crippen LogP contribution in [0.15, 0.2) is 54.9 Å². The molecule has 1 heterocycles. The lowest BCUT2D eigenvalue weighted by molar-refractivity contribution is -0.385. The van der Waals surface area contributed by atoms with Gasteiger partial charge in [0.05, 0.1) is 17.7 Å². The van der Waals surface area contributed by atoms with E-state index in [0.29, 0.717) is 11.5 Å². The average Bonchev–Trinajstić information content (AvgIpc) is 2.64. The second kappa shape index (κ2) is 7.43. The zero-order valence-corrected chi connectivity index (χ0v) is 13.5. The van der Waals surface area contributed by atoms with E-state index in [-0.39, 0.29) is 17.4 Å². The summed E-state index contributed by atoms with van der Waals surface area (Å²) in [6, 6.07) is 12.2. The minimum absolute atomic E-state index is 0.0460. The van der Waals surface area contributed by atoms with Crippen LogP contribution in [0, 0.1) is 15.9 Å². The summed E-state index contributed by atoms with van der Waals surface area (Å²) in [5.41, 5.74) is -0.462. The van der Waals surface area contributed by atoms with Gasteiger partial charge in [-0.1, -0.05) is 12.1 Å². The van der Waals surface area contributed by atoms with Crippen molar-refractivity contribution < 1.29 is 18.8 Å². The van der Waals surface area contributed by atoms with Crippen molar-refractivity contribution in [3.63, 3.8) is 0 Å². The Balaban J connectivity index is 1.95. The third kappa shape index (κ3) is 3.66. The first-order chi connectivity index (χ1) is 12.6. The van der Waals surface area contributed by atoms with Gasteiger partial charge in [0.15, 0.2) is 0 Å². The first kappa shape index (κ1) is 17.1. The lowest BCUT2D eigenvalue weighted by atomic mass is 10.3. The molecule has 1 N–H and O–H groups in total. The van der Waals surface area contributed by atoms with E-state index in [9.17, 15) is 14.5 Å². The Bertz CT molecular complexity index is 934. The van der Waals surface area contributed by atoms with E-state index in [4.69, 9.17) is 9.47 Å². The van der Waals surface area contributed by atoms with Crippen LogP contribution in [0.3, 0.4) is 0 Å². The Morgan fingerprint density at radius 1 is 1.08 bits per heavy atom. The number of hydrogen-bond donors (Lipinski definition) is 1. The van der Waals surface area contributed by atoms with E-state index in [0.717, 1.165) is 6.33 Å². The largest absolute Gasteiger partial charge is 0.497 e. The molecule has 0 aliphatic carbocycles. The quantitative estimate of drug-likeness (QED) is 0.525. The molecule has 0 aliphatic rings. The molecule has 0 amide bonds. The highest BCUT2D eigenvalue weighted by Crippen LogP contribution is 2.36.